The summed E-state index contributed by atoms with van der Waals surface area (Å²) in [6.07, 6.45) is 0. The average molecular weight is 478 g/mol. The second-order valence-corrected chi connectivity index (χ2v) is 9.57. The molecule has 1 amide bonds. The Balaban J connectivity index is 1.97. The summed E-state index contributed by atoms with van der Waals surface area (Å²) in [4.78, 5) is 44.6. The molecule has 2 aromatic carbocycles. The third kappa shape index (κ3) is 6.20. The molecule has 3 aromatic rings. The van der Waals surface area contributed by atoms with Crippen LogP contribution in [0.3, 0.4) is 0 Å². The number of hydrogen-bond acceptors (Lipinski definition) is 5. The highest BCUT2D eigenvalue weighted by Gasteiger charge is 2.26. The first-order valence-electron chi connectivity index (χ1n) is 11.9. The van der Waals surface area contributed by atoms with Crippen molar-refractivity contribution >= 4 is 23.1 Å². The third-order valence-corrected chi connectivity index (χ3v) is 5.87. The Hall–Kier alpha value is -3.81. The Kier molecular flexibility index (Phi) is 8.17. The smallest absolute Gasteiger partial charge is 0.330 e. The summed E-state index contributed by atoms with van der Waals surface area (Å²) in [5.41, 5.74) is 8.03. The monoisotopic (exact) mass is 477 g/mol. The molecule has 0 bridgehead atoms. The van der Waals surface area contributed by atoms with Crippen LogP contribution >= 0.6 is 0 Å². The molecule has 0 fully saturated rings. The topological polar surface area (TPSA) is 104 Å². The van der Waals surface area contributed by atoms with Gasteiger partial charge in [0.25, 0.3) is 5.56 Å². The lowest BCUT2D eigenvalue weighted by atomic mass is 10.0. The Morgan fingerprint density at radius 3 is 2.34 bits per heavy atom. The molecule has 186 valence electrons. The van der Waals surface area contributed by atoms with Gasteiger partial charge in [-0.2, -0.15) is 0 Å². The van der Waals surface area contributed by atoms with Crippen molar-refractivity contribution in [1.82, 2.24) is 9.55 Å². The number of rotatable bonds is 9. The fourth-order valence-corrected chi connectivity index (χ4v) is 3.95. The van der Waals surface area contributed by atoms with E-state index in [1.54, 1.807) is 0 Å². The van der Waals surface area contributed by atoms with Crippen molar-refractivity contribution in [2.45, 2.75) is 40.2 Å². The molecule has 0 aliphatic heterocycles. The minimum Gasteiger partial charge on any atom is -0.383 e. The zero-order valence-electron chi connectivity index (χ0n) is 21.1. The first-order valence-corrected chi connectivity index (χ1v) is 11.9. The summed E-state index contributed by atoms with van der Waals surface area (Å²) in [5, 5.41) is 0. The molecule has 8 nitrogen and oxygen atoms in total. The van der Waals surface area contributed by atoms with Crippen LogP contribution in [-0.4, -0.2) is 35.6 Å². The molecule has 0 aliphatic carbocycles. The molecule has 0 atom stereocenters. The van der Waals surface area contributed by atoms with E-state index >= 15 is 0 Å². The first-order chi connectivity index (χ1) is 16.6. The van der Waals surface area contributed by atoms with Crippen molar-refractivity contribution in [2.24, 2.45) is 5.92 Å². The largest absolute Gasteiger partial charge is 0.383 e. The molecule has 1 aromatic heterocycles. The summed E-state index contributed by atoms with van der Waals surface area (Å²) in [6.45, 7) is 8.67. The number of anilines is 3. The van der Waals surface area contributed by atoms with Gasteiger partial charge in [-0.15, -0.1) is 0 Å². The van der Waals surface area contributed by atoms with Gasteiger partial charge in [-0.25, -0.2) is 4.79 Å². The molecule has 35 heavy (non-hydrogen) atoms. The van der Waals surface area contributed by atoms with E-state index in [1.165, 1.54) is 15.0 Å². The Morgan fingerprint density at radius 2 is 1.71 bits per heavy atom. The Morgan fingerprint density at radius 1 is 1.03 bits per heavy atom. The van der Waals surface area contributed by atoms with Gasteiger partial charge in [0.1, 0.15) is 5.82 Å². The number of aromatic amines is 1. The van der Waals surface area contributed by atoms with E-state index in [4.69, 9.17) is 5.73 Å². The minimum absolute atomic E-state index is 0.00330. The number of carbonyl (C=O) groups excluding carboxylic acids is 1. The van der Waals surface area contributed by atoms with Gasteiger partial charge in [0.05, 0.1) is 13.1 Å². The number of nitrogens with two attached hydrogens (primary N) is 1. The van der Waals surface area contributed by atoms with Crippen molar-refractivity contribution in [1.29, 1.82) is 0 Å². The summed E-state index contributed by atoms with van der Waals surface area (Å²) in [5.74, 6) is 0.127. The number of hydrogen-bond donors (Lipinski definition) is 2. The number of nitrogens with zero attached hydrogens (tertiary/aromatic N) is 3. The number of H-pyrrole nitrogens is 1. The van der Waals surface area contributed by atoms with Gasteiger partial charge in [-0.3, -0.25) is 19.1 Å². The molecule has 1 heterocycles. The number of amides is 1. The van der Waals surface area contributed by atoms with Crippen LogP contribution in [-0.2, 0) is 11.3 Å². The van der Waals surface area contributed by atoms with E-state index in [-0.39, 0.29) is 43.0 Å². The predicted octanol–water partition coefficient (Wildman–Crippen LogP) is 3.42. The van der Waals surface area contributed by atoms with Crippen LogP contribution in [0, 0.1) is 5.92 Å². The van der Waals surface area contributed by atoms with Gasteiger partial charge in [-0.1, -0.05) is 70.2 Å². The van der Waals surface area contributed by atoms with Crippen molar-refractivity contribution < 1.29 is 4.79 Å². The lowest BCUT2D eigenvalue weighted by Gasteiger charge is -2.29. The average Bonchev–Trinajstić information content (AvgIpc) is 2.81. The highest BCUT2D eigenvalue weighted by atomic mass is 16.2. The molecule has 0 radical (unpaired) electrons. The summed E-state index contributed by atoms with van der Waals surface area (Å²) in [6, 6.07) is 17.4. The number of benzene rings is 2. The van der Waals surface area contributed by atoms with E-state index in [9.17, 15) is 14.4 Å². The van der Waals surface area contributed by atoms with E-state index in [0.717, 1.165) is 11.3 Å². The maximum Gasteiger partial charge on any atom is 0.330 e. The SMILES string of the molecule is CC(C)CN(C(=O)CN(C)c1cccc(C(C)C)c1)c1c(N)n(Cc2ccccc2)c(=O)[nH]c1=O. The quantitative estimate of drug-likeness (QED) is 0.491. The minimum atomic E-state index is -0.671. The van der Waals surface area contributed by atoms with E-state index in [0.29, 0.717) is 5.92 Å². The number of nitrogen functional groups attached to an aromatic ring is 1. The Labute approximate surface area is 206 Å². The maximum absolute atomic E-state index is 13.5. The van der Waals surface area contributed by atoms with Gasteiger partial charge in [0, 0.05) is 19.3 Å². The molecular weight excluding hydrogens is 442 g/mol. The molecular formula is C27H35N5O3. The van der Waals surface area contributed by atoms with Gasteiger partial charge in [-0.05, 0) is 35.1 Å². The molecule has 0 saturated heterocycles. The molecule has 8 heteroatoms. The van der Waals surface area contributed by atoms with Crippen molar-refractivity contribution in [2.75, 3.05) is 35.7 Å². The standard InChI is InChI=1S/C27H35N5O3/c1-18(2)15-31(23(33)17-30(5)22-13-9-12-21(14-22)19(3)4)24-25(28)32(27(35)29-26(24)34)16-20-10-7-6-8-11-20/h6-14,18-19H,15-17,28H2,1-5H3,(H,29,34,35). The van der Waals surface area contributed by atoms with Gasteiger partial charge >= 0.3 is 5.69 Å². The zero-order chi connectivity index (χ0) is 25.7. The Bertz CT molecular complexity index is 1280. The summed E-state index contributed by atoms with van der Waals surface area (Å²) in [7, 11) is 1.84. The highest BCUT2D eigenvalue weighted by Crippen LogP contribution is 2.23. The fraction of sp³-hybridized carbons (Fsp3) is 0.370. The van der Waals surface area contributed by atoms with Crippen LogP contribution in [0.2, 0.25) is 0 Å². The van der Waals surface area contributed by atoms with Crippen LogP contribution < -0.4 is 26.8 Å². The second kappa shape index (κ2) is 11.1. The normalized spacial score (nSPS) is 11.2. The summed E-state index contributed by atoms with van der Waals surface area (Å²) < 4.78 is 1.29. The van der Waals surface area contributed by atoms with Crippen molar-refractivity contribution in [3.05, 3.63) is 86.6 Å². The van der Waals surface area contributed by atoms with Crippen molar-refractivity contribution in [3.8, 4) is 0 Å². The molecule has 0 unspecified atom stereocenters. The third-order valence-electron chi connectivity index (χ3n) is 5.87. The zero-order valence-corrected chi connectivity index (χ0v) is 21.1. The van der Waals surface area contributed by atoms with Gasteiger partial charge < -0.3 is 15.5 Å². The predicted molar refractivity (Wildman–Crippen MR) is 142 cm³/mol. The van der Waals surface area contributed by atoms with E-state index in [2.05, 4.69) is 31.0 Å². The highest BCUT2D eigenvalue weighted by molar-refractivity contribution is 5.98. The number of carbonyl (C=O) groups is 1. The van der Waals surface area contributed by atoms with Crippen LogP contribution in [0.25, 0.3) is 0 Å². The number of nitrogens with one attached hydrogen (secondary N) is 1. The molecule has 0 saturated carbocycles. The molecule has 0 spiro atoms. The van der Waals surface area contributed by atoms with Crippen LogP contribution in [0.15, 0.2) is 64.2 Å². The number of likely N-dealkylation sites (N-methyl/N-ethyl adjacent to an activating group) is 1. The fourth-order valence-electron chi connectivity index (χ4n) is 3.95. The summed E-state index contributed by atoms with van der Waals surface area (Å²) >= 11 is 0. The first kappa shape index (κ1) is 25.8. The lowest BCUT2D eigenvalue weighted by molar-refractivity contribution is -0.117. The molecule has 3 rings (SSSR count). The lowest BCUT2D eigenvalue weighted by Crippen LogP contribution is -2.46. The molecule has 0 aliphatic rings. The van der Waals surface area contributed by atoms with E-state index in [1.807, 2.05) is 68.3 Å². The van der Waals surface area contributed by atoms with Crippen LogP contribution in [0.1, 0.15) is 44.7 Å². The van der Waals surface area contributed by atoms with Crippen LogP contribution in [0.4, 0.5) is 17.2 Å². The van der Waals surface area contributed by atoms with Crippen LogP contribution in [0.5, 0.6) is 0 Å². The van der Waals surface area contributed by atoms with Gasteiger partial charge in [0.2, 0.25) is 5.91 Å². The van der Waals surface area contributed by atoms with Crippen molar-refractivity contribution in [3.63, 3.8) is 0 Å². The van der Waals surface area contributed by atoms with E-state index < -0.39 is 11.2 Å². The maximum atomic E-state index is 13.5. The molecule has 3 N–H and O–H groups in total. The van der Waals surface area contributed by atoms with Gasteiger partial charge in [0.15, 0.2) is 5.69 Å². The second-order valence-electron chi connectivity index (χ2n) is 9.57. The number of aromatic nitrogens is 2.